The lowest BCUT2D eigenvalue weighted by Gasteiger charge is -2.11. The van der Waals surface area contributed by atoms with Crippen LogP contribution in [0.15, 0.2) is 24.8 Å². The van der Waals surface area contributed by atoms with Gasteiger partial charge in [-0.1, -0.05) is 19.6 Å². The minimum Gasteiger partial charge on any atom is -0.365 e. The first kappa shape index (κ1) is 8.95. The molecule has 1 rings (SSSR count). The molecular formula is C9H14N2Si. The van der Waals surface area contributed by atoms with Crippen LogP contribution in [0.2, 0.25) is 19.6 Å². The lowest BCUT2D eigenvalue weighted by atomic mass is 10.6. The van der Waals surface area contributed by atoms with Crippen LogP contribution in [0.25, 0.3) is 0 Å². The molecule has 0 radical (unpaired) electrons. The van der Waals surface area contributed by atoms with Crippen LogP contribution in [0, 0.1) is 11.6 Å². The lowest BCUT2D eigenvalue weighted by Crippen LogP contribution is -2.18. The van der Waals surface area contributed by atoms with Crippen LogP contribution in [0.1, 0.15) is 0 Å². The molecule has 0 saturated carbocycles. The Kier molecular flexibility index (Phi) is 2.61. The zero-order valence-corrected chi connectivity index (χ0v) is 8.76. The Morgan fingerprint density at radius 1 is 1.17 bits per heavy atom. The Labute approximate surface area is 75.0 Å². The lowest BCUT2D eigenvalue weighted by molar-refractivity contribution is 0.703. The van der Waals surface area contributed by atoms with Gasteiger partial charge in [-0.05, 0) is 0 Å². The van der Waals surface area contributed by atoms with Crippen LogP contribution in [0.3, 0.4) is 0 Å². The smallest absolute Gasteiger partial charge is 0.131 e. The predicted octanol–water partition coefficient (Wildman–Crippen LogP) is 1.67. The van der Waals surface area contributed by atoms with Gasteiger partial charge in [-0.3, -0.25) is 4.90 Å². The number of nitrogens with zero attached hydrogens (tertiary/aromatic N) is 1. The molecule has 12 heavy (non-hydrogen) atoms. The van der Waals surface area contributed by atoms with Gasteiger partial charge in [0.1, 0.15) is 8.07 Å². The van der Waals surface area contributed by atoms with E-state index in [2.05, 4.69) is 36.5 Å². The highest BCUT2D eigenvalue weighted by Gasteiger charge is 2.07. The summed E-state index contributed by atoms with van der Waals surface area (Å²) in [5.41, 5.74) is 3.28. The molecular weight excluding hydrogens is 164 g/mol. The van der Waals surface area contributed by atoms with Crippen molar-refractivity contribution in [3.63, 3.8) is 0 Å². The van der Waals surface area contributed by atoms with Gasteiger partial charge >= 0.3 is 0 Å². The highest BCUT2D eigenvalue weighted by atomic mass is 28.3. The van der Waals surface area contributed by atoms with Crippen molar-refractivity contribution in [1.29, 1.82) is 0 Å². The molecule has 2 nitrogen and oxygen atoms in total. The van der Waals surface area contributed by atoms with E-state index in [1.165, 1.54) is 0 Å². The molecule has 64 valence electrons. The minimum atomic E-state index is -1.23. The zero-order chi connectivity index (χ0) is 9.03. The molecule has 0 aromatic heterocycles. The molecule has 0 atom stereocenters. The van der Waals surface area contributed by atoms with Gasteiger partial charge in [0.05, 0.1) is 0 Å². The maximum Gasteiger partial charge on any atom is 0.131 e. The summed E-state index contributed by atoms with van der Waals surface area (Å²) in [7, 11) is -1.23. The second kappa shape index (κ2) is 3.50. The maximum absolute atomic E-state index is 3.28. The quantitative estimate of drug-likeness (QED) is 0.448. The van der Waals surface area contributed by atoms with E-state index in [1.807, 2.05) is 29.7 Å². The third-order valence-electron chi connectivity index (χ3n) is 1.22. The first-order valence-corrected chi connectivity index (χ1v) is 7.48. The van der Waals surface area contributed by atoms with Crippen molar-refractivity contribution in [3.8, 4) is 11.6 Å². The normalized spacial score (nSPS) is 15.1. The van der Waals surface area contributed by atoms with Gasteiger partial charge in [0.25, 0.3) is 0 Å². The second-order valence-corrected chi connectivity index (χ2v) is 8.44. The van der Waals surface area contributed by atoms with Crippen LogP contribution >= 0.6 is 0 Å². The summed E-state index contributed by atoms with van der Waals surface area (Å²) in [6, 6.07) is 3.09. The Balaban J connectivity index is 2.59. The topological polar surface area (TPSA) is 15.3 Å². The van der Waals surface area contributed by atoms with Gasteiger partial charge in [0.15, 0.2) is 0 Å². The highest BCUT2D eigenvalue weighted by Crippen LogP contribution is 1.98. The summed E-state index contributed by atoms with van der Waals surface area (Å²) in [4.78, 5) is 1.87. The van der Waals surface area contributed by atoms with Crippen molar-refractivity contribution < 1.29 is 0 Å². The molecule has 0 aliphatic carbocycles. The molecule has 0 saturated heterocycles. The first-order chi connectivity index (χ1) is 5.58. The van der Waals surface area contributed by atoms with Crippen molar-refractivity contribution in [2.24, 2.45) is 0 Å². The summed E-state index contributed by atoms with van der Waals surface area (Å²) in [5.74, 6) is 0. The van der Waals surface area contributed by atoms with Crippen LogP contribution in [0.4, 0.5) is 0 Å². The van der Waals surface area contributed by atoms with E-state index in [-0.39, 0.29) is 0 Å². The molecule has 0 bridgehead atoms. The van der Waals surface area contributed by atoms with Crippen LogP contribution in [0.5, 0.6) is 0 Å². The standard InChI is InChI=1S/C9H14N2Si/c1-12(2,3)9-8-11-6-4-10-5-7-11/h4-7,10H,1-3H3. The van der Waals surface area contributed by atoms with E-state index in [9.17, 15) is 0 Å². The van der Waals surface area contributed by atoms with Gasteiger partial charge in [-0.25, -0.2) is 0 Å². The van der Waals surface area contributed by atoms with E-state index in [0.29, 0.717) is 0 Å². The summed E-state index contributed by atoms with van der Waals surface area (Å²) in [5, 5.41) is 2.95. The Morgan fingerprint density at radius 3 is 2.25 bits per heavy atom. The van der Waals surface area contributed by atoms with Gasteiger partial charge < -0.3 is 5.32 Å². The third kappa shape index (κ3) is 3.31. The van der Waals surface area contributed by atoms with E-state index in [4.69, 9.17) is 0 Å². The molecule has 0 fully saturated rings. The summed E-state index contributed by atoms with van der Waals surface area (Å²) >= 11 is 0. The monoisotopic (exact) mass is 178 g/mol. The summed E-state index contributed by atoms with van der Waals surface area (Å²) in [6.45, 7) is 6.70. The average molecular weight is 178 g/mol. The van der Waals surface area contributed by atoms with Crippen LogP contribution in [-0.4, -0.2) is 13.0 Å². The maximum atomic E-state index is 3.28. The third-order valence-corrected chi connectivity index (χ3v) is 2.08. The number of rotatable bonds is 0. The molecule has 1 aliphatic heterocycles. The van der Waals surface area contributed by atoms with Crippen molar-refractivity contribution >= 4 is 8.07 Å². The van der Waals surface area contributed by atoms with Crippen LogP contribution < -0.4 is 5.32 Å². The molecule has 0 unspecified atom stereocenters. The number of hydrogen-bond acceptors (Lipinski definition) is 2. The van der Waals surface area contributed by atoms with Gasteiger partial charge in [0.2, 0.25) is 0 Å². The van der Waals surface area contributed by atoms with E-state index in [1.54, 1.807) is 0 Å². The highest BCUT2D eigenvalue weighted by molar-refractivity contribution is 6.83. The van der Waals surface area contributed by atoms with E-state index in [0.717, 1.165) is 0 Å². The minimum absolute atomic E-state index is 1.23. The van der Waals surface area contributed by atoms with Crippen molar-refractivity contribution in [3.05, 3.63) is 24.8 Å². The van der Waals surface area contributed by atoms with Crippen molar-refractivity contribution in [1.82, 2.24) is 10.2 Å². The van der Waals surface area contributed by atoms with Crippen molar-refractivity contribution in [2.45, 2.75) is 19.6 Å². The molecule has 3 heteroatoms. The second-order valence-electron chi connectivity index (χ2n) is 3.69. The molecule has 0 spiro atoms. The average Bonchev–Trinajstić information content (AvgIpc) is 2.02. The fourth-order valence-electron chi connectivity index (χ4n) is 0.659. The number of nitrogens with one attached hydrogen (secondary N) is 1. The summed E-state index contributed by atoms with van der Waals surface area (Å²) < 4.78 is 0. The van der Waals surface area contributed by atoms with Gasteiger partial charge in [-0.2, -0.15) is 0 Å². The van der Waals surface area contributed by atoms with Crippen LogP contribution in [-0.2, 0) is 0 Å². The first-order valence-electron chi connectivity index (χ1n) is 3.98. The summed E-state index contributed by atoms with van der Waals surface area (Å²) in [6.07, 6.45) is 7.54. The molecule has 1 heterocycles. The SMILES string of the molecule is C[Si](C)(C)C#CN1C=CNC=C1. The van der Waals surface area contributed by atoms with Gasteiger partial charge in [-0.15, -0.1) is 5.54 Å². The van der Waals surface area contributed by atoms with Crippen molar-refractivity contribution in [2.75, 3.05) is 0 Å². The molecule has 0 amide bonds. The molecule has 1 N–H and O–H groups in total. The molecule has 0 aromatic carbocycles. The van der Waals surface area contributed by atoms with Gasteiger partial charge in [0, 0.05) is 30.8 Å². The Hall–Kier alpha value is -1.14. The predicted molar refractivity (Wildman–Crippen MR) is 54.4 cm³/mol. The number of hydrogen-bond donors (Lipinski definition) is 1. The van der Waals surface area contributed by atoms with E-state index < -0.39 is 8.07 Å². The molecule has 1 aliphatic rings. The fraction of sp³-hybridized carbons (Fsp3) is 0.333. The zero-order valence-electron chi connectivity index (χ0n) is 7.76. The molecule has 0 aromatic rings. The Morgan fingerprint density at radius 2 is 1.75 bits per heavy atom. The fourth-order valence-corrected chi connectivity index (χ4v) is 1.12. The largest absolute Gasteiger partial charge is 0.365 e. The van der Waals surface area contributed by atoms with E-state index >= 15 is 0 Å². The Bertz CT molecular complexity index is 250.